The van der Waals surface area contributed by atoms with Crippen LogP contribution in [0.3, 0.4) is 0 Å². The molecule has 0 saturated heterocycles. The molecule has 0 aliphatic carbocycles. The highest BCUT2D eigenvalue weighted by molar-refractivity contribution is 6.13. The third kappa shape index (κ3) is 2.50. The minimum atomic E-state index is 0.138. The van der Waals surface area contributed by atoms with Crippen LogP contribution in [0.4, 0.5) is 0 Å². The van der Waals surface area contributed by atoms with Gasteiger partial charge in [0.2, 0.25) is 0 Å². The molecule has 0 amide bonds. The molecule has 0 N–H and O–H groups in total. The molecule has 3 heteroatoms. The van der Waals surface area contributed by atoms with Gasteiger partial charge in [-0.05, 0) is 33.9 Å². The Bertz CT molecular complexity index is 1340. The zero-order valence-corrected chi connectivity index (χ0v) is 16.7. The van der Waals surface area contributed by atoms with E-state index in [-0.39, 0.29) is 5.41 Å². The molecule has 0 fully saturated rings. The zero-order valence-electron chi connectivity index (χ0n) is 16.7. The maximum atomic E-state index is 4.66. The van der Waals surface area contributed by atoms with Gasteiger partial charge in [0.15, 0.2) is 0 Å². The fraction of sp³-hybridized carbons (Fsp3) is 0.200. The summed E-state index contributed by atoms with van der Waals surface area (Å²) in [7, 11) is 2.11. The summed E-state index contributed by atoms with van der Waals surface area (Å²) >= 11 is 0. The minimum Gasteiger partial charge on any atom is -0.340 e. The van der Waals surface area contributed by atoms with Gasteiger partial charge in [-0.15, -0.1) is 0 Å². The third-order valence-electron chi connectivity index (χ3n) is 5.66. The van der Waals surface area contributed by atoms with Crippen LogP contribution in [0.25, 0.3) is 44.0 Å². The van der Waals surface area contributed by atoms with Crippen molar-refractivity contribution in [1.29, 1.82) is 0 Å². The van der Waals surface area contributed by atoms with E-state index in [1.165, 1.54) is 27.2 Å². The van der Waals surface area contributed by atoms with E-state index in [2.05, 4.69) is 103 Å². The first kappa shape index (κ1) is 16.9. The van der Waals surface area contributed by atoms with Gasteiger partial charge in [0.05, 0.1) is 16.7 Å². The van der Waals surface area contributed by atoms with Crippen LogP contribution in [0, 0.1) is 0 Å². The first-order valence-electron chi connectivity index (χ1n) is 9.66. The van der Waals surface area contributed by atoms with Crippen molar-refractivity contribution in [2.75, 3.05) is 0 Å². The Morgan fingerprint density at radius 2 is 1.50 bits per heavy atom. The smallest absolute Gasteiger partial charge is 0.116 e. The van der Waals surface area contributed by atoms with E-state index in [0.717, 1.165) is 22.3 Å². The quantitative estimate of drug-likeness (QED) is 0.352. The van der Waals surface area contributed by atoms with E-state index in [4.69, 9.17) is 0 Å². The lowest BCUT2D eigenvalue weighted by Gasteiger charge is -2.19. The fourth-order valence-corrected chi connectivity index (χ4v) is 4.05. The second-order valence-corrected chi connectivity index (χ2v) is 8.52. The van der Waals surface area contributed by atoms with Crippen LogP contribution in [0.15, 0.2) is 67.0 Å². The van der Waals surface area contributed by atoms with Crippen molar-refractivity contribution in [3.05, 3.63) is 72.6 Å². The van der Waals surface area contributed by atoms with E-state index in [1.807, 2.05) is 0 Å². The Morgan fingerprint density at radius 1 is 0.821 bits per heavy atom. The molecule has 0 unspecified atom stereocenters. The topological polar surface area (TPSA) is 30.7 Å². The van der Waals surface area contributed by atoms with Gasteiger partial charge in [-0.2, -0.15) is 0 Å². The van der Waals surface area contributed by atoms with Gasteiger partial charge < -0.3 is 4.57 Å². The van der Waals surface area contributed by atoms with Crippen molar-refractivity contribution in [3.8, 4) is 11.3 Å². The first-order chi connectivity index (χ1) is 13.4. The highest BCUT2D eigenvalue weighted by atomic mass is 15.0. The summed E-state index contributed by atoms with van der Waals surface area (Å²) in [6.07, 6.45) is 1.68. The number of hydrogen-bond acceptors (Lipinski definition) is 2. The van der Waals surface area contributed by atoms with Crippen molar-refractivity contribution in [3.63, 3.8) is 0 Å². The summed E-state index contributed by atoms with van der Waals surface area (Å²) in [5.41, 5.74) is 6.83. The Labute approximate surface area is 164 Å². The molecular formula is C25H23N3. The Morgan fingerprint density at radius 3 is 2.18 bits per heavy atom. The van der Waals surface area contributed by atoms with Crippen LogP contribution in [0.1, 0.15) is 26.3 Å². The molecule has 0 saturated carbocycles. The molecule has 2 heterocycles. The van der Waals surface area contributed by atoms with Crippen molar-refractivity contribution in [2.24, 2.45) is 7.05 Å². The Kier molecular flexibility index (Phi) is 3.57. The van der Waals surface area contributed by atoms with Crippen LogP contribution in [-0.4, -0.2) is 14.5 Å². The fourth-order valence-electron chi connectivity index (χ4n) is 4.05. The van der Waals surface area contributed by atoms with Gasteiger partial charge in [0, 0.05) is 18.0 Å². The van der Waals surface area contributed by atoms with Crippen molar-refractivity contribution in [1.82, 2.24) is 14.5 Å². The lowest BCUT2D eigenvalue weighted by molar-refractivity contribution is 0.590. The summed E-state index contributed by atoms with van der Waals surface area (Å²) in [5, 5.41) is 3.65. The summed E-state index contributed by atoms with van der Waals surface area (Å²) in [5.74, 6) is 0. The molecule has 3 aromatic carbocycles. The average molecular weight is 365 g/mol. The second kappa shape index (κ2) is 5.90. The normalized spacial score (nSPS) is 12.3. The molecule has 5 rings (SSSR count). The molecule has 0 aliphatic rings. The van der Waals surface area contributed by atoms with Gasteiger partial charge in [-0.1, -0.05) is 69.3 Å². The van der Waals surface area contributed by atoms with Gasteiger partial charge in [-0.25, -0.2) is 9.97 Å². The minimum absolute atomic E-state index is 0.138. The number of aryl methyl sites for hydroxylation is 1. The maximum absolute atomic E-state index is 4.66. The molecule has 5 aromatic rings. The zero-order chi connectivity index (χ0) is 19.5. The average Bonchev–Trinajstić information content (AvgIpc) is 2.98. The van der Waals surface area contributed by atoms with Crippen LogP contribution in [-0.2, 0) is 12.5 Å². The number of benzene rings is 3. The first-order valence-corrected chi connectivity index (χ1v) is 9.66. The molecule has 3 nitrogen and oxygen atoms in total. The van der Waals surface area contributed by atoms with Crippen molar-refractivity contribution in [2.45, 2.75) is 26.2 Å². The number of rotatable bonds is 1. The van der Waals surface area contributed by atoms with Crippen LogP contribution < -0.4 is 0 Å². The van der Waals surface area contributed by atoms with Gasteiger partial charge in [0.25, 0.3) is 0 Å². The summed E-state index contributed by atoms with van der Waals surface area (Å²) in [6, 6.07) is 21.7. The van der Waals surface area contributed by atoms with E-state index >= 15 is 0 Å². The molecule has 2 aromatic heterocycles. The van der Waals surface area contributed by atoms with Gasteiger partial charge >= 0.3 is 0 Å². The van der Waals surface area contributed by atoms with Gasteiger partial charge in [0.1, 0.15) is 11.8 Å². The number of hydrogen-bond donors (Lipinski definition) is 0. The monoisotopic (exact) mass is 365 g/mol. The second-order valence-electron chi connectivity index (χ2n) is 8.52. The molecular weight excluding hydrogens is 342 g/mol. The Hall–Kier alpha value is -3.20. The summed E-state index contributed by atoms with van der Waals surface area (Å²) in [4.78, 5) is 9.31. The molecule has 0 bridgehead atoms. The highest BCUT2D eigenvalue weighted by Crippen LogP contribution is 2.35. The third-order valence-corrected chi connectivity index (χ3v) is 5.66. The van der Waals surface area contributed by atoms with Crippen molar-refractivity contribution < 1.29 is 0 Å². The van der Waals surface area contributed by atoms with E-state index in [1.54, 1.807) is 6.33 Å². The lowest BCUT2D eigenvalue weighted by Crippen LogP contribution is -2.10. The molecule has 0 atom stereocenters. The predicted octanol–water partition coefficient (Wildman–Crippen LogP) is 6.24. The van der Waals surface area contributed by atoms with E-state index in [0.29, 0.717) is 0 Å². The van der Waals surface area contributed by atoms with Crippen LogP contribution in [0.5, 0.6) is 0 Å². The maximum Gasteiger partial charge on any atom is 0.116 e. The SMILES string of the molecule is Cn1c2cc3ccccc3cc2c2ncnc(-c3ccc(C(C)(C)C)cc3)c21. The molecule has 28 heavy (non-hydrogen) atoms. The lowest BCUT2D eigenvalue weighted by atomic mass is 9.86. The largest absolute Gasteiger partial charge is 0.340 e. The molecule has 138 valence electrons. The van der Waals surface area contributed by atoms with Crippen molar-refractivity contribution >= 4 is 32.7 Å². The standard InChI is InChI=1S/C25H23N3/c1-25(2,3)19-11-9-16(10-12-19)22-24-23(27-15-26-22)20-13-17-7-5-6-8-18(17)14-21(20)28(24)4/h5-15H,1-4H3. The van der Waals surface area contributed by atoms with E-state index in [9.17, 15) is 0 Å². The summed E-state index contributed by atoms with van der Waals surface area (Å²) in [6.45, 7) is 6.71. The summed E-state index contributed by atoms with van der Waals surface area (Å²) < 4.78 is 2.23. The van der Waals surface area contributed by atoms with E-state index < -0.39 is 0 Å². The molecule has 0 radical (unpaired) electrons. The molecule has 0 spiro atoms. The number of nitrogens with zero attached hydrogens (tertiary/aromatic N) is 3. The van der Waals surface area contributed by atoms with Crippen LogP contribution >= 0.6 is 0 Å². The number of fused-ring (bicyclic) bond motifs is 4. The highest BCUT2D eigenvalue weighted by Gasteiger charge is 2.17. The predicted molar refractivity (Wildman–Crippen MR) is 118 cm³/mol. The number of aromatic nitrogens is 3. The van der Waals surface area contributed by atoms with Crippen LogP contribution in [0.2, 0.25) is 0 Å². The van der Waals surface area contributed by atoms with Gasteiger partial charge in [-0.3, -0.25) is 0 Å². The Balaban J connectivity index is 1.79. The molecule has 0 aliphatic heterocycles.